The fourth-order valence-corrected chi connectivity index (χ4v) is 1.77. The van der Waals surface area contributed by atoms with E-state index in [0.29, 0.717) is 6.61 Å². The van der Waals surface area contributed by atoms with Crippen molar-refractivity contribution in [1.29, 1.82) is 0 Å². The van der Waals surface area contributed by atoms with Gasteiger partial charge in [-0.3, -0.25) is 4.98 Å². The Labute approximate surface area is 96.4 Å². The fraction of sp³-hybridized carbons (Fsp3) is 0.667. The molecule has 1 fully saturated rings. The van der Waals surface area contributed by atoms with Crippen LogP contribution in [0.1, 0.15) is 31.4 Å². The molecule has 4 nitrogen and oxygen atoms in total. The molecule has 0 aromatic carbocycles. The monoisotopic (exact) mass is 221 g/mol. The van der Waals surface area contributed by atoms with Gasteiger partial charge in [-0.2, -0.15) is 0 Å². The van der Waals surface area contributed by atoms with Crippen molar-refractivity contribution in [2.75, 3.05) is 19.0 Å². The van der Waals surface area contributed by atoms with Crippen LogP contribution < -0.4 is 5.32 Å². The van der Waals surface area contributed by atoms with Crippen LogP contribution in [-0.2, 0) is 11.3 Å². The molecule has 0 spiro atoms. The van der Waals surface area contributed by atoms with E-state index in [4.69, 9.17) is 4.74 Å². The van der Waals surface area contributed by atoms with Gasteiger partial charge >= 0.3 is 0 Å². The summed E-state index contributed by atoms with van der Waals surface area (Å²) < 4.78 is 5.58. The van der Waals surface area contributed by atoms with Gasteiger partial charge in [0.15, 0.2) is 0 Å². The summed E-state index contributed by atoms with van der Waals surface area (Å²) in [6.07, 6.45) is 8.86. The first-order valence-corrected chi connectivity index (χ1v) is 5.95. The fourth-order valence-electron chi connectivity index (χ4n) is 1.77. The maximum Gasteiger partial charge on any atom is 0.144 e. The smallest absolute Gasteiger partial charge is 0.144 e. The number of nitrogens with zero attached hydrogens (tertiary/aromatic N) is 2. The lowest BCUT2D eigenvalue weighted by atomic mass is 9.83. The molecule has 1 N–H and O–H groups in total. The van der Waals surface area contributed by atoms with Crippen LogP contribution in [0.4, 0.5) is 5.82 Å². The van der Waals surface area contributed by atoms with Crippen molar-refractivity contribution in [1.82, 2.24) is 9.97 Å². The van der Waals surface area contributed by atoms with E-state index in [1.165, 1.54) is 25.7 Å². The van der Waals surface area contributed by atoms with E-state index >= 15 is 0 Å². The maximum absolute atomic E-state index is 5.58. The Morgan fingerprint density at radius 2 is 2.25 bits per heavy atom. The first-order valence-electron chi connectivity index (χ1n) is 5.95. The summed E-state index contributed by atoms with van der Waals surface area (Å²) in [5, 5.41) is 2.94. The molecule has 1 aromatic rings. The van der Waals surface area contributed by atoms with Crippen molar-refractivity contribution in [2.24, 2.45) is 5.92 Å². The second-order valence-corrected chi connectivity index (χ2v) is 4.28. The Bertz CT molecular complexity index is 309. The number of hydrogen-bond acceptors (Lipinski definition) is 4. The van der Waals surface area contributed by atoms with Crippen molar-refractivity contribution in [3.05, 3.63) is 18.1 Å². The standard InChI is InChI=1S/C12H19N3O/c1-13-12-8-14-11(7-15-12)9-16-6-5-10-3-2-4-10/h7-8,10H,2-6,9H2,1H3,(H,13,15). The van der Waals surface area contributed by atoms with Gasteiger partial charge in [0.05, 0.1) is 24.7 Å². The molecule has 88 valence electrons. The van der Waals surface area contributed by atoms with Gasteiger partial charge in [-0.25, -0.2) is 4.98 Å². The number of rotatable bonds is 6. The second kappa shape index (κ2) is 5.80. The van der Waals surface area contributed by atoms with Crippen LogP contribution in [0.5, 0.6) is 0 Å². The van der Waals surface area contributed by atoms with Gasteiger partial charge in [0.2, 0.25) is 0 Å². The number of nitrogens with one attached hydrogen (secondary N) is 1. The van der Waals surface area contributed by atoms with Crippen molar-refractivity contribution in [3.63, 3.8) is 0 Å². The molecule has 16 heavy (non-hydrogen) atoms. The Morgan fingerprint density at radius 1 is 1.38 bits per heavy atom. The third-order valence-electron chi connectivity index (χ3n) is 3.11. The van der Waals surface area contributed by atoms with Crippen molar-refractivity contribution in [3.8, 4) is 0 Å². The quantitative estimate of drug-likeness (QED) is 0.748. The summed E-state index contributed by atoms with van der Waals surface area (Å²) in [5.41, 5.74) is 0.896. The van der Waals surface area contributed by atoms with Crippen molar-refractivity contribution < 1.29 is 4.74 Å². The van der Waals surface area contributed by atoms with Crippen LogP contribution in [0.25, 0.3) is 0 Å². The van der Waals surface area contributed by atoms with Crippen LogP contribution in [0.2, 0.25) is 0 Å². The number of hydrogen-bond donors (Lipinski definition) is 1. The average Bonchev–Trinajstić information content (AvgIpc) is 2.27. The second-order valence-electron chi connectivity index (χ2n) is 4.28. The zero-order valence-corrected chi connectivity index (χ0v) is 9.78. The lowest BCUT2D eigenvalue weighted by Crippen LogP contribution is -2.13. The highest BCUT2D eigenvalue weighted by Crippen LogP contribution is 2.29. The molecule has 0 aliphatic heterocycles. The minimum atomic E-state index is 0.573. The lowest BCUT2D eigenvalue weighted by molar-refractivity contribution is 0.0927. The average molecular weight is 221 g/mol. The Balaban J connectivity index is 1.64. The molecule has 2 rings (SSSR count). The van der Waals surface area contributed by atoms with E-state index < -0.39 is 0 Å². The van der Waals surface area contributed by atoms with Crippen LogP contribution in [0.15, 0.2) is 12.4 Å². The van der Waals surface area contributed by atoms with Gasteiger partial charge < -0.3 is 10.1 Å². The third kappa shape index (κ3) is 3.17. The molecule has 0 amide bonds. The van der Waals surface area contributed by atoms with Gasteiger partial charge in [0, 0.05) is 13.7 Å². The molecule has 1 heterocycles. The Morgan fingerprint density at radius 3 is 2.81 bits per heavy atom. The molecular formula is C12H19N3O. The van der Waals surface area contributed by atoms with Crippen LogP contribution in [0.3, 0.4) is 0 Å². The summed E-state index contributed by atoms with van der Waals surface area (Å²) in [6.45, 7) is 1.42. The van der Waals surface area contributed by atoms with Gasteiger partial charge in [-0.1, -0.05) is 19.3 Å². The maximum atomic E-state index is 5.58. The van der Waals surface area contributed by atoms with Crippen LogP contribution in [0, 0.1) is 5.92 Å². The SMILES string of the molecule is CNc1cnc(COCCC2CCC2)cn1. The highest BCUT2D eigenvalue weighted by Gasteiger charge is 2.16. The van der Waals surface area contributed by atoms with E-state index in [9.17, 15) is 0 Å². The highest BCUT2D eigenvalue weighted by molar-refractivity contribution is 5.29. The summed E-state index contributed by atoms with van der Waals surface area (Å²) in [5.74, 6) is 1.70. The minimum absolute atomic E-state index is 0.573. The molecule has 0 radical (unpaired) electrons. The van der Waals surface area contributed by atoms with Crippen molar-refractivity contribution >= 4 is 5.82 Å². The number of aromatic nitrogens is 2. The van der Waals surface area contributed by atoms with E-state index in [-0.39, 0.29) is 0 Å². The Kier molecular flexibility index (Phi) is 4.10. The van der Waals surface area contributed by atoms with Gasteiger partial charge in [-0.15, -0.1) is 0 Å². The third-order valence-corrected chi connectivity index (χ3v) is 3.11. The normalized spacial score (nSPS) is 15.8. The molecule has 4 heteroatoms. The zero-order valence-electron chi connectivity index (χ0n) is 9.78. The first kappa shape index (κ1) is 11.3. The van der Waals surface area contributed by atoms with Gasteiger partial charge in [0.1, 0.15) is 5.82 Å². The molecule has 1 aromatic heterocycles. The van der Waals surface area contributed by atoms with E-state index in [1.807, 2.05) is 7.05 Å². The number of ether oxygens (including phenoxy) is 1. The van der Waals surface area contributed by atoms with Crippen LogP contribution >= 0.6 is 0 Å². The van der Waals surface area contributed by atoms with E-state index in [0.717, 1.165) is 24.0 Å². The first-order chi connectivity index (χ1) is 7.88. The van der Waals surface area contributed by atoms with E-state index in [2.05, 4.69) is 15.3 Å². The molecule has 0 saturated heterocycles. The topological polar surface area (TPSA) is 47.0 Å². The molecule has 0 atom stereocenters. The molecule has 0 bridgehead atoms. The Hall–Kier alpha value is -1.16. The summed E-state index contributed by atoms with van der Waals surface area (Å²) in [6, 6.07) is 0. The predicted molar refractivity (Wildman–Crippen MR) is 63.2 cm³/mol. The minimum Gasteiger partial charge on any atom is -0.375 e. The van der Waals surface area contributed by atoms with E-state index in [1.54, 1.807) is 12.4 Å². The molecule has 1 saturated carbocycles. The highest BCUT2D eigenvalue weighted by atomic mass is 16.5. The molecule has 1 aliphatic carbocycles. The van der Waals surface area contributed by atoms with Crippen molar-refractivity contribution in [2.45, 2.75) is 32.3 Å². The summed E-state index contributed by atoms with van der Waals surface area (Å²) in [4.78, 5) is 8.44. The molecule has 0 unspecified atom stereocenters. The largest absolute Gasteiger partial charge is 0.375 e. The predicted octanol–water partition coefficient (Wildman–Crippen LogP) is 2.23. The van der Waals surface area contributed by atoms with Crippen LogP contribution in [-0.4, -0.2) is 23.6 Å². The molecule has 1 aliphatic rings. The zero-order chi connectivity index (χ0) is 11.2. The van der Waals surface area contributed by atoms with Gasteiger partial charge in [-0.05, 0) is 12.3 Å². The molecular weight excluding hydrogens is 202 g/mol. The summed E-state index contributed by atoms with van der Waals surface area (Å²) in [7, 11) is 1.83. The number of anilines is 1. The lowest BCUT2D eigenvalue weighted by Gasteiger charge is -2.24. The van der Waals surface area contributed by atoms with Gasteiger partial charge in [0.25, 0.3) is 0 Å². The summed E-state index contributed by atoms with van der Waals surface area (Å²) >= 11 is 0.